The lowest BCUT2D eigenvalue weighted by atomic mass is 9.66. The summed E-state index contributed by atoms with van der Waals surface area (Å²) in [5, 5.41) is 0. The van der Waals surface area contributed by atoms with Crippen molar-refractivity contribution >= 4 is 23.1 Å². The maximum absolute atomic E-state index is 14.4. The molecule has 4 nitrogen and oxygen atoms in total. The van der Waals surface area contributed by atoms with E-state index in [4.69, 9.17) is 0 Å². The van der Waals surface area contributed by atoms with E-state index in [0.29, 0.717) is 22.3 Å². The van der Waals surface area contributed by atoms with E-state index < -0.39 is 51.8 Å². The lowest BCUT2D eigenvalue weighted by molar-refractivity contribution is 0.102. The van der Waals surface area contributed by atoms with E-state index in [1.807, 2.05) is 48.5 Å². The molecule has 8 heteroatoms. The van der Waals surface area contributed by atoms with E-state index in [0.717, 1.165) is 59.7 Å². The summed E-state index contributed by atoms with van der Waals surface area (Å²) in [6.07, 6.45) is 0. The first-order chi connectivity index (χ1) is 29.5. The average molecular weight is 807 g/mol. The molecular weight excluding hydrogens is 777 g/mol. The van der Waals surface area contributed by atoms with E-state index >= 15 is 0 Å². The fourth-order valence-corrected chi connectivity index (χ4v) is 8.31. The van der Waals surface area contributed by atoms with Gasteiger partial charge in [0.2, 0.25) is 0 Å². The van der Waals surface area contributed by atoms with Gasteiger partial charge < -0.3 is 0 Å². The Morgan fingerprint density at radius 3 is 0.803 bits per heavy atom. The maximum Gasteiger partial charge on any atom is 0.193 e. The first kappa shape index (κ1) is 38.7. The van der Waals surface area contributed by atoms with Gasteiger partial charge in [0, 0.05) is 44.5 Å². The zero-order valence-electron chi connectivity index (χ0n) is 32.0. The number of halogens is 4. The van der Waals surface area contributed by atoms with Crippen LogP contribution in [0.15, 0.2) is 182 Å². The average Bonchev–Trinajstić information content (AvgIpc) is 3.60. The van der Waals surface area contributed by atoms with Crippen LogP contribution < -0.4 is 0 Å². The molecule has 1 aliphatic carbocycles. The van der Waals surface area contributed by atoms with Crippen LogP contribution in [0.3, 0.4) is 0 Å². The molecule has 0 fully saturated rings. The Balaban J connectivity index is 1.38. The van der Waals surface area contributed by atoms with Crippen molar-refractivity contribution in [1.29, 1.82) is 0 Å². The van der Waals surface area contributed by atoms with Crippen LogP contribution in [0.2, 0.25) is 0 Å². The summed E-state index contributed by atoms with van der Waals surface area (Å²) < 4.78 is 56.4. The Morgan fingerprint density at radius 1 is 0.295 bits per heavy atom. The molecule has 8 aromatic carbocycles. The van der Waals surface area contributed by atoms with Gasteiger partial charge in [-0.25, -0.2) is 17.6 Å². The predicted molar refractivity (Wildman–Crippen MR) is 223 cm³/mol. The number of fused-ring (bicyclic) bond motifs is 3. The number of carbonyl (C=O) groups excluding carboxylic acids is 4. The van der Waals surface area contributed by atoms with E-state index in [2.05, 4.69) is 0 Å². The molecule has 0 aliphatic heterocycles. The third-order valence-electron chi connectivity index (χ3n) is 11.2. The highest BCUT2D eigenvalue weighted by Crippen LogP contribution is 2.56. The monoisotopic (exact) mass is 806 g/mol. The highest BCUT2D eigenvalue weighted by molar-refractivity contribution is 6.15. The van der Waals surface area contributed by atoms with Gasteiger partial charge in [0.15, 0.2) is 23.1 Å². The molecule has 9 rings (SSSR count). The SMILES string of the molecule is O=C(c1ccc(F)cc1)c1cc(C(=O)c2ccc(F)cc2)cc(C2(c3cc(C(=O)c4ccc(F)cc4)cc(C(=O)c4ccc(F)cc4)c3)c3ccccc3-c3ccccc32)c1. The number of ketones is 4. The van der Waals surface area contributed by atoms with Crippen LogP contribution in [0.5, 0.6) is 0 Å². The molecule has 8 aromatic rings. The Labute approximate surface area is 347 Å². The normalized spacial score (nSPS) is 12.3. The van der Waals surface area contributed by atoms with Crippen molar-refractivity contribution in [3.05, 3.63) is 272 Å². The number of carbonyl (C=O) groups is 4. The van der Waals surface area contributed by atoms with Crippen LogP contribution in [-0.2, 0) is 5.41 Å². The fraction of sp³-hybridized carbons (Fsp3) is 0.0189. The molecule has 1 aliphatic rings. The number of rotatable bonds is 10. The molecule has 0 saturated heterocycles. The van der Waals surface area contributed by atoms with Crippen molar-refractivity contribution in [3.63, 3.8) is 0 Å². The second kappa shape index (κ2) is 15.4. The zero-order valence-corrected chi connectivity index (χ0v) is 32.0. The van der Waals surface area contributed by atoms with Gasteiger partial charge in [-0.3, -0.25) is 19.2 Å². The summed E-state index contributed by atoms with van der Waals surface area (Å²) in [6.45, 7) is 0. The first-order valence-electron chi connectivity index (χ1n) is 19.2. The number of benzene rings is 8. The molecule has 0 unspecified atom stereocenters. The molecular formula is C53H30F4O4. The minimum absolute atomic E-state index is 0.0805. The Morgan fingerprint density at radius 2 is 0.541 bits per heavy atom. The van der Waals surface area contributed by atoms with Gasteiger partial charge in [-0.15, -0.1) is 0 Å². The summed E-state index contributed by atoms with van der Waals surface area (Å²) >= 11 is 0. The second-order valence-electron chi connectivity index (χ2n) is 14.8. The van der Waals surface area contributed by atoms with Crippen molar-refractivity contribution in [2.24, 2.45) is 0 Å². The van der Waals surface area contributed by atoms with Gasteiger partial charge in [-0.05, 0) is 167 Å². The molecule has 294 valence electrons. The quantitative estimate of drug-likeness (QED) is 0.102. The van der Waals surface area contributed by atoms with E-state index in [9.17, 15) is 36.7 Å². The lowest BCUT2D eigenvalue weighted by Gasteiger charge is -2.35. The summed E-state index contributed by atoms with van der Waals surface area (Å²) in [5.41, 5.74) is 3.34. The van der Waals surface area contributed by atoms with Crippen LogP contribution in [0.25, 0.3) is 11.1 Å². The van der Waals surface area contributed by atoms with Crippen LogP contribution in [-0.4, -0.2) is 23.1 Å². The molecule has 0 atom stereocenters. The Bertz CT molecular complexity index is 2700. The summed E-state index contributed by atoms with van der Waals surface area (Å²) in [4.78, 5) is 57.7. The molecule has 0 heterocycles. The highest BCUT2D eigenvalue weighted by atomic mass is 19.1. The third kappa shape index (κ3) is 6.88. The molecule has 0 radical (unpaired) electrons. The third-order valence-corrected chi connectivity index (χ3v) is 11.2. The van der Waals surface area contributed by atoms with Crippen molar-refractivity contribution in [2.75, 3.05) is 0 Å². The Kier molecular flexibility index (Phi) is 9.76. The smallest absolute Gasteiger partial charge is 0.193 e. The van der Waals surface area contributed by atoms with E-state index in [1.165, 1.54) is 60.7 Å². The summed E-state index contributed by atoms with van der Waals surface area (Å²) in [6, 6.07) is 44.7. The molecule has 0 aromatic heterocycles. The van der Waals surface area contributed by atoms with Gasteiger partial charge in [0.1, 0.15) is 23.3 Å². The highest BCUT2D eigenvalue weighted by Gasteiger charge is 2.47. The topological polar surface area (TPSA) is 68.3 Å². The fourth-order valence-electron chi connectivity index (χ4n) is 8.31. The number of hydrogen-bond acceptors (Lipinski definition) is 4. The molecule has 0 saturated carbocycles. The largest absolute Gasteiger partial charge is 0.289 e. The van der Waals surface area contributed by atoms with E-state index in [1.54, 1.807) is 24.3 Å². The molecule has 61 heavy (non-hydrogen) atoms. The van der Waals surface area contributed by atoms with Crippen molar-refractivity contribution < 1.29 is 36.7 Å². The summed E-state index contributed by atoms with van der Waals surface area (Å²) in [5.74, 6) is -4.25. The number of hydrogen-bond donors (Lipinski definition) is 0. The first-order valence-corrected chi connectivity index (χ1v) is 19.2. The van der Waals surface area contributed by atoms with Gasteiger partial charge in [-0.2, -0.15) is 0 Å². The maximum atomic E-state index is 14.4. The Hall–Kier alpha value is -7.84. The van der Waals surface area contributed by atoms with Crippen LogP contribution in [0.4, 0.5) is 17.6 Å². The lowest BCUT2D eigenvalue weighted by Crippen LogP contribution is -2.30. The molecule has 0 bridgehead atoms. The van der Waals surface area contributed by atoms with E-state index in [-0.39, 0.29) is 44.5 Å². The van der Waals surface area contributed by atoms with Gasteiger partial charge in [0.05, 0.1) is 5.41 Å². The minimum Gasteiger partial charge on any atom is -0.289 e. The molecule has 0 spiro atoms. The van der Waals surface area contributed by atoms with Crippen molar-refractivity contribution in [1.82, 2.24) is 0 Å². The zero-order chi connectivity index (χ0) is 42.4. The summed E-state index contributed by atoms with van der Waals surface area (Å²) in [7, 11) is 0. The van der Waals surface area contributed by atoms with Gasteiger partial charge in [-0.1, -0.05) is 48.5 Å². The van der Waals surface area contributed by atoms with Gasteiger partial charge in [0.25, 0.3) is 0 Å². The second-order valence-corrected chi connectivity index (χ2v) is 14.8. The molecule has 0 amide bonds. The van der Waals surface area contributed by atoms with Crippen LogP contribution in [0.1, 0.15) is 85.9 Å². The van der Waals surface area contributed by atoms with Crippen LogP contribution >= 0.6 is 0 Å². The van der Waals surface area contributed by atoms with Crippen molar-refractivity contribution in [3.8, 4) is 11.1 Å². The van der Waals surface area contributed by atoms with Crippen LogP contribution in [0, 0.1) is 23.3 Å². The minimum atomic E-state index is -1.43. The molecule has 0 N–H and O–H groups in total. The van der Waals surface area contributed by atoms with Crippen molar-refractivity contribution in [2.45, 2.75) is 5.41 Å². The standard InChI is InChI=1S/C53H30F4O4/c54-41-17-9-31(10-18-41)49(58)35-25-36(50(59)32-11-19-42(55)20-12-32)28-39(27-35)53(47-7-3-1-5-45(47)46-6-2-4-8-48(46)53)40-29-37(51(60)33-13-21-43(56)22-14-33)26-38(30-40)52(61)34-15-23-44(57)24-16-34/h1-30H. The predicted octanol–water partition coefficient (Wildman–Crippen LogP) is 11.5. The van der Waals surface area contributed by atoms with Gasteiger partial charge >= 0.3 is 0 Å².